The second kappa shape index (κ2) is 8.89. The Morgan fingerprint density at radius 3 is 2.44 bits per heavy atom. The Kier molecular flexibility index (Phi) is 6.32. The van der Waals surface area contributed by atoms with Gasteiger partial charge in [0.05, 0.1) is 0 Å². The zero-order valence-corrected chi connectivity index (χ0v) is 16.1. The Labute approximate surface area is 161 Å². The molecular weight excluding hydrogens is 341 g/mol. The lowest BCUT2D eigenvalue weighted by Gasteiger charge is -2.25. The molecule has 2 aromatic carbocycles. The lowest BCUT2D eigenvalue weighted by atomic mass is 10.1. The number of nitrogens with one attached hydrogen (secondary N) is 1. The molecule has 1 heterocycles. The van der Waals surface area contributed by atoms with Crippen molar-refractivity contribution in [3.8, 4) is 0 Å². The maximum Gasteiger partial charge on any atom is 0.317 e. The summed E-state index contributed by atoms with van der Waals surface area (Å²) in [5.41, 5.74) is 2.99. The van der Waals surface area contributed by atoms with E-state index >= 15 is 0 Å². The van der Waals surface area contributed by atoms with Crippen LogP contribution in [0.2, 0.25) is 0 Å². The Hall–Kier alpha value is -2.56. The van der Waals surface area contributed by atoms with Crippen molar-refractivity contribution in [3.63, 3.8) is 0 Å². The first-order valence-electron chi connectivity index (χ1n) is 9.62. The monoisotopic (exact) mass is 369 g/mol. The summed E-state index contributed by atoms with van der Waals surface area (Å²) < 4.78 is 13.8. The number of rotatable bonds is 6. The molecule has 1 atom stereocenters. The summed E-state index contributed by atoms with van der Waals surface area (Å²) in [5, 5.41) is 2.97. The van der Waals surface area contributed by atoms with Crippen LogP contribution >= 0.6 is 0 Å². The van der Waals surface area contributed by atoms with Crippen LogP contribution in [0.15, 0.2) is 48.5 Å². The fraction of sp³-hybridized carbons (Fsp3) is 0.409. The highest BCUT2D eigenvalue weighted by atomic mass is 19.1. The van der Waals surface area contributed by atoms with Gasteiger partial charge in [-0.2, -0.15) is 0 Å². The van der Waals surface area contributed by atoms with Gasteiger partial charge in [0.2, 0.25) is 0 Å². The molecule has 1 saturated heterocycles. The molecule has 0 saturated carbocycles. The average Bonchev–Trinajstić information content (AvgIpc) is 3.18. The van der Waals surface area contributed by atoms with Crippen molar-refractivity contribution in [1.82, 2.24) is 10.2 Å². The molecule has 1 N–H and O–H groups in total. The molecule has 3 rings (SSSR count). The highest BCUT2D eigenvalue weighted by Gasteiger charge is 2.18. The summed E-state index contributed by atoms with van der Waals surface area (Å²) >= 11 is 0. The molecule has 0 spiro atoms. The van der Waals surface area contributed by atoms with E-state index in [1.807, 2.05) is 25.1 Å². The van der Waals surface area contributed by atoms with Crippen LogP contribution in [0.3, 0.4) is 0 Å². The minimum absolute atomic E-state index is 0.143. The first-order chi connectivity index (χ1) is 13.0. The number of nitrogens with zero attached hydrogens (tertiary/aromatic N) is 2. The van der Waals surface area contributed by atoms with Gasteiger partial charge in [-0.3, -0.25) is 0 Å². The van der Waals surface area contributed by atoms with Gasteiger partial charge in [0.15, 0.2) is 0 Å². The van der Waals surface area contributed by atoms with Gasteiger partial charge in [-0.25, -0.2) is 9.18 Å². The van der Waals surface area contributed by atoms with E-state index in [0.717, 1.165) is 18.7 Å². The summed E-state index contributed by atoms with van der Waals surface area (Å²) in [6, 6.07) is 14.7. The first kappa shape index (κ1) is 19.2. The highest BCUT2D eigenvalue weighted by molar-refractivity contribution is 5.74. The Morgan fingerprint density at radius 2 is 1.74 bits per heavy atom. The van der Waals surface area contributed by atoms with Crippen LogP contribution in [-0.4, -0.2) is 37.1 Å². The molecule has 1 aliphatic heterocycles. The van der Waals surface area contributed by atoms with Crippen molar-refractivity contribution in [3.05, 3.63) is 65.5 Å². The van der Waals surface area contributed by atoms with Crippen molar-refractivity contribution < 1.29 is 9.18 Å². The summed E-state index contributed by atoms with van der Waals surface area (Å²) in [6.07, 6.45) is 2.91. The number of halogens is 1. The van der Waals surface area contributed by atoms with E-state index in [0.29, 0.717) is 18.5 Å². The van der Waals surface area contributed by atoms with Crippen molar-refractivity contribution in [2.24, 2.45) is 0 Å². The minimum atomic E-state index is -0.230. The van der Waals surface area contributed by atoms with Crippen LogP contribution in [-0.2, 0) is 13.0 Å². The smallest absolute Gasteiger partial charge is 0.317 e. The van der Waals surface area contributed by atoms with Crippen molar-refractivity contribution in [1.29, 1.82) is 0 Å². The van der Waals surface area contributed by atoms with Gasteiger partial charge in [-0.15, -0.1) is 0 Å². The number of benzene rings is 2. The standard InChI is InChI=1S/C22H28FN3O/c1-17(15-18-9-3-5-11-20(18)23)24-22(27)25(2)16-19-10-4-6-12-21(19)26-13-7-8-14-26/h3-6,9-12,17H,7-8,13-16H2,1-2H3,(H,24,27). The predicted molar refractivity (Wildman–Crippen MR) is 107 cm³/mol. The van der Waals surface area contributed by atoms with Gasteiger partial charge >= 0.3 is 6.03 Å². The number of anilines is 1. The van der Waals surface area contributed by atoms with E-state index in [4.69, 9.17) is 0 Å². The number of amides is 2. The van der Waals surface area contributed by atoms with E-state index in [2.05, 4.69) is 22.3 Å². The van der Waals surface area contributed by atoms with Gasteiger partial charge < -0.3 is 15.1 Å². The van der Waals surface area contributed by atoms with E-state index in [-0.39, 0.29) is 17.9 Å². The van der Waals surface area contributed by atoms with E-state index in [9.17, 15) is 9.18 Å². The Balaban J connectivity index is 1.59. The van der Waals surface area contributed by atoms with Crippen LogP contribution < -0.4 is 10.2 Å². The molecule has 0 aromatic heterocycles. The maximum atomic E-state index is 13.8. The molecule has 144 valence electrons. The Bertz CT molecular complexity index is 774. The number of para-hydroxylation sites is 1. The van der Waals surface area contributed by atoms with Crippen LogP contribution in [0.1, 0.15) is 30.9 Å². The topological polar surface area (TPSA) is 35.6 Å². The molecule has 1 aliphatic rings. The minimum Gasteiger partial charge on any atom is -0.371 e. The molecule has 4 nitrogen and oxygen atoms in total. The van der Waals surface area contributed by atoms with E-state index in [1.165, 1.54) is 24.6 Å². The number of hydrogen-bond donors (Lipinski definition) is 1. The highest BCUT2D eigenvalue weighted by Crippen LogP contribution is 2.25. The first-order valence-corrected chi connectivity index (χ1v) is 9.62. The molecule has 0 aliphatic carbocycles. The third kappa shape index (κ3) is 5.00. The SMILES string of the molecule is CC(Cc1ccccc1F)NC(=O)N(C)Cc1ccccc1N1CCCC1. The van der Waals surface area contributed by atoms with E-state index < -0.39 is 0 Å². The normalized spacial score (nSPS) is 14.9. The fourth-order valence-electron chi connectivity index (χ4n) is 3.60. The van der Waals surface area contributed by atoms with Crippen LogP contribution in [0.25, 0.3) is 0 Å². The second-order valence-electron chi connectivity index (χ2n) is 7.33. The van der Waals surface area contributed by atoms with Gasteiger partial charge in [-0.05, 0) is 49.4 Å². The number of hydrogen-bond acceptors (Lipinski definition) is 2. The molecule has 2 aromatic rings. The second-order valence-corrected chi connectivity index (χ2v) is 7.33. The lowest BCUT2D eigenvalue weighted by molar-refractivity contribution is 0.203. The van der Waals surface area contributed by atoms with Gasteiger partial charge in [0.25, 0.3) is 0 Å². The number of urea groups is 1. The zero-order chi connectivity index (χ0) is 19.2. The summed E-state index contributed by atoms with van der Waals surface area (Å²) in [4.78, 5) is 16.7. The van der Waals surface area contributed by atoms with Crippen LogP contribution in [0.4, 0.5) is 14.9 Å². The average molecular weight is 369 g/mol. The summed E-state index contributed by atoms with van der Waals surface area (Å²) in [7, 11) is 1.80. The molecule has 5 heteroatoms. The number of carbonyl (C=O) groups excluding carboxylic acids is 1. The van der Waals surface area contributed by atoms with Crippen LogP contribution in [0.5, 0.6) is 0 Å². The molecule has 27 heavy (non-hydrogen) atoms. The molecule has 1 fully saturated rings. The van der Waals surface area contributed by atoms with Crippen molar-refractivity contribution in [2.45, 2.75) is 38.8 Å². The molecule has 0 radical (unpaired) electrons. The third-order valence-corrected chi connectivity index (χ3v) is 5.05. The van der Waals surface area contributed by atoms with Gasteiger partial charge in [-0.1, -0.05) is 36.4 Å². The molecule has 0 bridgehead atoms. The van der Waals surface area contributed by atoms with Crippen LogP contribution in [0, 0.1) is 5.82 Å². The number of carbonyl (C=O) groups is 1. The molecular formula is C22H28FN3O. The summed E-state index contributed by atoms with van der Waals surface area (Å²) in [6.45, 7) is 4.60. The zero-order valence-electron chi connectivity index (χ0n) is 16.1. The largest absolute Gasteiger partial charge is 0.371 e. The van der Waals surface area contributed by atoms with Gasteiger partial charge in [0, 0.05) is 38.4 Å². The quantitative estimate of drug-likeness (QED) is 0.828. The lowest BCUT2D eigenvalue weighted by Crippen LogP contribution is -2.42. The Morgan fingerprint density at radius 1 is 1.11 bits per heavy atom. The fourth-order valence-corrected chi connectivity index (χ4v) is 3.60. The van der Waals surface area contributed by atoms with Gasteiger partial charge in [0.1, 0.15) is 5.82 Å². The van der Waals surface area contributed by atoms with Crippen molar-refractivity contribution >= 4 is 11.7 Å². The molecule has 2 amide bonds. The third-order valence-electron chi connectivity index (χ3n) is 5.05. The van der Waals surface area contributed by atoms with Crippen molar-refractivity contribution in [2.75, 3.05) is 25.0 Å². The molecule has 1 unspecified atom stereocenters. The predicted octanol–water partition coefficient (Wildman–Crippen LogP) is 4.20. The maximum absolute atomic E-state index is 13.8. The summed E-state index contributed by atoms with van der Waals surface area (Å²) in [5.74, 6) is -0.230. The van der Waals surface area contributed by atoms with E-state index in [1.54, 1.807) is 24.1 Å².